The van der Waals surface area contributed by atoms with Gasteiger partial charge in [0.05, 0.1) is 14.4 Å². The Kier molecular flexibility index (Phi) is 19.9. The van der Waals surface area contributed by atoms with Crippen LogP contribution in [0, 0.1) is 0 Å². The minimum atomic E-state index is -5.66. The molecule has 0 aliphatic heterocycles. The third-order valence-electron chi connectivity index (χ3n) is 6.08. The molecule has 7 nitrogen and oxygen atoms in total. The Labute approximate surface area is 237 Å². The summed E-state index contributed by atoms with van der Waals surface area (Å²) in [6, 6.07) is 0. The molecule has 0 amide bonds. The van der Waals surface area contributed by atoms with E-state index in [0.717, 1.165) is 63.4 Å². The molecule has 0 aromatic carbocycles. The normalized spacial score (nSPS) is 15.9. The van der Waals surface area contributed by atoms with E-state index >= 15 is 0 Å². The van der Waals surface area contributed by atoms with Crippen molar-refractivity contribution >= 4 is 15.6 Å². The van der Waals surface area contributed by atoms with Crippen LogP contribution < -0.4 is 14.7 Å². The van der Waals surface area contributed by atoms with Gasteiger partial charge in [-0.3, -0.25) is 8.88 Å². The van der Waals surface area contributed by atoms with Gasteiger partial charge in [0, 0.05) is 0 Å². The summed E-state index contributed by atoms with van der Waals surface area (Å²) in [6.07, 6.45) is 23.2. The summed E-state index contributed by atoms with van der Waals surface area (Å²) in [5.41, 5.74) is 7.90. The Bertz CT molecular complexity index is 1010. The smallest absolute Gasteiger partial charge is 0.272 e. The molecule has 0 radical (unpaired) electrons. The lowest BCUT2D eigenvalue weighted by atomic mass is 10.0. The first-order valence-corrected chi connectivity index (χ1v) is 16.6. The van der Waals surface area contributed by atoms with Crippen LogP contribution in [0.1, 0.15) is 113 Å². The van der Waals surface area contributed by atoms with Crippen molar-refractivity contribution in [2.45, 2.75) is 113 Å². The minimum absolute atomic E-state index is 0.387. The van der Waals surface area contributed by atoms with E-state index in [9.17, 15) is 23.8 Å². The van der Waals surface area contributed by atoms with Gasteiger partial charge >= 0.3 is 0 Å². The van der Waals surface area contributed by atoms with Gasteiger partial charge in [0.15, 0.2) is 0 Å². The van der Waals surface area contributed by atoms with E-state index in [1.54, 1.807) is 0 Å². The minimum Gasteiger partial charge on any atom is -0.790 e. The Balaban J connectivity index is 4.24. The fourth-order valence-corrected chi connectivity index (χ4v) is 5.13. The lowest BCUT2D eigenvalue weighted by molar-refractivity contribution is -0.339. The fraction of sp³-hybridized carbons (Fsp3) is 0.600. The summed E-state index contributed by atoms with van der Waals surface area (Å²) in [7, 11) is -10.8. The van der Waals surface area contributed by atoms with Crippen LogP contribution in [0.15, 0.2) is 69.9 Å². The van der Waals surface area contributed by atoms with E-state index in [-0.39, 0.29) is 6.61 Å². The average Bonchev–Trinajstić information content (AvgIpc) is 2.77. The van der Waals surface area contributed by atoms with Gasteiger partial charge in [-0.15, -0.1) is 0 Å². The van der Waals surface area contributed by atoms with Crippen LogP contribution in [0.4, 0.5) is 0 Å². The zero-order valence-corrected chi connectivity index (χ0v) is 26.8. The van der Waals surface area contributed by atoms with Gasteiger partial charge in [0.2, 0.25) is 0 Å². The average molecular weight is 584 g/mol. The van der Waals surface area contributed by atoms with Crippen molar-refractivity contribution in [1.82, 2.24) is 0 Å². The Morgan fingerprint density at radius 3 is 1.15 bits per heavy atom. The lowest BCUT2D eigenvalue weighted by Crippen LogP contribution is -2.19. The maximum Gasteiger partial charge on any atom is 0.272 e. The van der Waals surface area contributed by atoms with Crippen molar-refractivity contribution in [3.63, 3.8) is 0 Å². The molecule has 0 saturated carbocycles. The topological polar surface area (TPSA) is 122 Å². The highest BCUT2D eigenvalue weighted by Crippen LogP contribution is 2.50. The van der Waals surface area contributed by atoms with E-state index in [4.69, 9.17) is 0 Å². The van der Waals surface area contributed by atoms with Gasteiger partial charge in [0.1, 0.15) is 0 Å². The Morgan fingerprint density at radius 2 is 0.846 bits per heavy atom. The summed E-state index contributed by atoms with van der Waals surface area (Å²) in [5, 5.41) is 0. The molecule has 0 aromatic rings. The van der Waals surface area contributed by atoms with Gasteiger partial charge < -0.3 is 23.8 Å². The molecule has 1 unspecified atom stereocenters. The van der Waals surface area contributed by atoms with Crippen molar-refractivity contribution < 1.29 is 32.6 Å². The Morgan fingerprint density at radius 1 is 0.538 bits per heavy atom. The van der Waals surface area contributed by atoms with E-state index in [1.807, 2.05) is 6.92 Å². The third-order valence-corrected chi connectivity index (χ3v) is 8.15. The summed E-state index contributed by atoms with van der Waals surface area (Å²) in [6.45, 7) is 14.5. The van der Waals surface area contributed by atoms with Gasteiger partial charge in [-0.25, -0.2) is 0 Å². The molecular formula is C30H49O7P2-3. The molecule has 0 bridgehead atoms. The predicted molar refractivity (Wildman–Crippen MR) is 157 cm³/mol. The molecule has 1 atom stereocenters. The molecule has 0 aliphatic carbocycles. The first-order valence-electron chi connectivity index (χ1n) is 13.7. The van der Waals surface area contributed by atoms with Gasteiger partial charge in [-0.1, -0.05) is 69.9 Å². The van der Waals surface area contributed by atoms with Crippen molar-refractivity contribution in [2.24, 2.45) is 0 Å². The number of phosphoric acid groups is 2. The van der Waals surface area contributed by atoms with Crippen LogP contribution in [-0.2, 0) is 18.0 Å². The molecule has 0 aromatic heterocycles. The zero-order valence-electron chi connectivity index (χ0n) is 25.0. The molecule has 0 fully saturated rings. The van der Waals surface area contributed by atoms with Gasteiger partial charge in [0.25, 0.3) is 7.82 Å². The summed E-state index contributed by atoms with van der Waals surface area (Å²) in [5.74, 6) is 0. The number of hydrogen-bond acceptors (Lipinski definition) is 7. The van der Waals surface area contributed by atoms with Crippen LogP contribution in [0.5, 0.6) is 0 Å². The zero-order chi connectivity index (χ0) is 29.9. The van der Waals surface area contributed by atoms with Crippen molar-refractivity contribution in [2.75, 3.05) is 6.61 Å². The second-order valence-corrected chi connectivity index (χ2v) is 13.2. The monoisotopic (exact) mass is 583 g/mol. The van der Waals surface area contributed by atoms with Crippen molar-refractivity contribution in [3.8, 4) is 0 Å². The van der Waals surface area contributed by atoms with Gasteiger partial charge in [-0.2, -0.15) is 0 Å². The molecular weight excluding hydrogens is 534 g/mol. The highest BCUT2D eigenvalue weighted by atomic mass is 31.3. The third kappa shape index (κ3) is 25.4. The van der Waals surface area contributed by atoms with E-state index < -0.39 is 15.6 Å². The molecule has 0 N–H and O–H groups in total. The summed E-state index contributed by atoms with van der Waals surface area (Å²) >= 11 is 0. The fourth-order valence-electron chi connectivity index (χ4n) is 3.70. The number of phosphoric ester groups is 1. The second-order valence-electron chi connectivity index (χ2n) is 10.5. The maximum absolute atomic E-state index is 11.2. The molecule has 224 valence electrons. The summed E-state index contributed by atoms with van der Waals surface area (Å²) < 4.78 is 29.4. The molecule has 0 aliphatic rings. The van der Waals surface area contributed by atoms with Crippen molar-refractivity contribution in [1.29, 1.82) is 0 Å². The highest BCUT2D eigenvalue weighted by molar-refractivity contribution is 7.58. The highest BCUT2D eigenvalue weighted by Gasteiger charge is 2.10. The van der Waals surface area contributed by atoms with Crippen molar-refractivity contribution in [3.05, 3.63) is 69.9 Å². The molecule has 9 heteroatoms. The predicted octanol–water partition coefficient (Wildman–Crippen LogP) is 7.92. The largest absolute Gasteiger partial charge is 0.790 e. The molecule has 0 rings (SSSR count). The summed E-state index contributed by atoms with van der Waals surface area (Å²) in [4.78, 5) is 32.0. The standard InChI is InChI=1S/C30H52O7P2/c1-25(2)13-8-14-26(3)15-9-16-27(4)17-10-18-28(5)19-11-20-29(6)21-12-22-30(7)23-24-36-39(34,35)37-38(31,32)33/h13,15,17,19,21,23H,8-12,14,16,18,20,22,24H2,1-7H3,(H,34,35)(H2,31,32,33)/p-3/b26-15+,27-17-,28-19-,29-21-,30-23-. The first kappa shape index (κ1) is 37.7. The van der Waals surface area contributed by atoms with Gasteiger partial charge in [-0.05, 0) is 113 Å². The Hall–Kier alpha value is -1.30. The lowest BCUT2D eigenvalue weighted by Gasteiger charge is -2.34. The second kappa shape index (κ2) is 20.6. The van der Waals surface area contributed by atoms with Crippen LogP contribution in [-0.4, -0.2) is 6.61 Å². The first-order chi connectivity index (χ1) is 18.1. The number of allylic oxidation sites excluding steroid dienone is 11. The molecule has 0 saturated heterocycles. The maximum atomic E-state index is 11.2. The number of hydrogen-bond donors (Lipinski definition) is 0. The molecule has 39 heavy (non-hydrogen) atoms. The molecule has 0 spiro atoms. The van der Waals surface area contributed by atoms with E-state index in [1.165, 1.54) is 33.9 Å². The quantitative estimate of drug-likeness (QED) is 0.105. The van der Waals surface area contributed by atoms with Crippen LogP contribution in [0.2, 0.25) is 0 Å². The van der Waals surface area contributed by atoms with Crippen LogP contribution in [0.3, 0.4) is 0 Å². The van der Waals surface area contributed by atoms with E-state index in [0.29, 0.717) is 6.42 Å². The van der Waals surface area contributed by atoms with Crippen LogP contribution in [0.25, 0.3) is 0 Å². The molecule has 0 heterocycles. The SMILES string of the molecule is CC(C)=CCC/C(C)=C/CC/C(C)=C\CC/C(C)=C\CC/C(C)=C\CC/C(C)=C\COP(=O)([O-])OP(=O)([O-])[O-]. The van der Waals surface area contributed by atoms with Crippen LogP contribution >= 0.6 is 15.6 Å². The van der Waals surface area contributed by atoms with E-state index in [2.05, 4.69) is 80.8 Å². The number of rotatable bonds is 20.